The predicted molar refractivity (Wildman–Crippen MR) is 84.3 cm³/mol. The van der Waals surface area contributed by atoms with Crippen molar-refractivity contribution in [3.8, 4) is 5.75 Å². The lowest BCUT2D eigenvalue weighted by Crippen LogP contribution is -2.54. The summed E-state index contributed by atoms with van der Waals surface area (Å²) in [4.78, 5) is 29.1. The van der Waals surface area contributed by atoms with Gasteiger partial charge in [0.25, 0.3) is 6.29 Å². The van der Waals surface area contributed by atoms with Gasteiger partial charge in [-0.05, 0) is 12.1 Å². The number of rotatable bonds is 4. The first-order valence-corrected chi connectivity index (χ1v) is 7.50. The van der Waals surface area contributed by atoms with E-state index in [4.69, 9.17) is 49.1 Å². The van der Waals surface area contributed by atoms with Crippen LogP contribution in [0.5, 0.6) is 5.75 Å². The fraction of sp³-hybridized carbons (Fsp3) is 0.385. The summed E-state index contributed by atoms with van der Waals surface area (Å²) in [6.45, 7) is 1.22. The molecular formula is C13H13Cl3N2O5. The second-order valence-electron chi connectivity index (χ2n) is 4.51. The number of anilines is 1. The number of ether oxygens (including phenoxy) is 2. The van der Waals surface area contributed by atoms with Gasteiger partial charge in [0.1, 0.15) is 11.4 Å². The summed E-state index contributed by atoms with van der Waals surface area (Å²) in [6.07, 6.45) is -2.63. The van der Waals surface area contributed by atoms with Gasteiger partial charge in [0.15, 0.2) is 0 Å². The van der Waals surface area contributed by atoms with E-state index >= 15 is 0 Å². The Morgan fingerprint density at radius 1 is 1.39 bits per heavy atom. The number of nitrogens with zero attached hydrogens (tertiary/aromatic N) is 1. The number of nitrogens with one attached hydrogen (secondary N) is 1. The highest BCUT2D eigenvalue weighted by Gasteiger charge is 2.42. The first-order valence-electron chi connectivity index (χ1n) is 6.37. The third-order valence-corrected chi connectivity index (χ3v) is 3.37. The second kappa shape index (κ2) is 7.11. The molecule has 0 bridgehead atoms. The summed E-state index contributed by atoms with van der Waals surface area (Å²) < 4.78 is 8.34. The van der Waals surface area contributed by atoms with Gasteiger partial charge in [0.05, 0.1) is 0 Å². The van der Waals surface area contributed by atoms with Gasteiger partial charge >= 0.3 is 5.91 Å². The number of carbonyl (C=O) groups is 2. The minimum Gasteiger partial charge on any atom is -0.453 e. The molecule has 2 rings (SSSR count). The Morgan fingerprint density at radius 3 is 2.61 bits per heavy atom. The fourth-order valence-corrected chi connectivity index (χ4v) is 2.10. The standard InChI is InChI=1S/C13H13Cl3N2O5/c1-7(19)17-12(13(14,15)16)23-18-8-5-3-4-6-9(8)22-11(21-2)10(18)20/h3-6,11-12H,1-2H3,(H,17,19)/t11-,12-/m0/s1. The van der Waals surface area contributed by atoms with Crippen molar-refractivity contribution < 1.29 is 23.9 Å². The third kappa shape index (κ3) is 4.19. The molecule has 0 spiro atoms. The molecule has 1 aliphatic heterocycles. The quantitative estimate of drug-likeness (QED) is 0.637. The van der Waals surface area contributed by atoms with Crippen molar-refractivity contribution in [1.29, 1.82) is 0 Å². The normalized spacial score (nSPS) is 18.9. The van der Waals surface area contributed by atoms with Crippen molar-refractivity contribution in [1.82, 2.24) is 5.32 Å². The molecule has 1 aromatic rings. The van der Waals surface area contributed by atoms with Crippen molar-refractivity contribution in [2.24, 2.45) is 0 Å². The molecule has 10 heteroatoms. The van der Waals surface area contributed by atoms with Crippen LogP contribution >= 0.6 is 34.8 Å². The molecule has 0 aliphatic carbocycles. The van der Waals surface area contributed by atoms with Crippen LogP contribution in [0.25, 0.3) is 0 Å². The van der Waals surface area contributed by atoms with Crippen LogP contribution in [-0.2, 0) is 19.2 Å². The topological polar surface area (TPSA) is 77.1 Å². The van der Waals surface area contributed by atoms with Gasteiger partial charge in [0.2, 0.25) is 15.9 Å². The number of hydrogen-bond donors (Lipinski definition) is 1. The molecule has 0 saturated heterocycles. The van der Waals surface area contributed by atoms with E-state index in [0.29, 0.717) is 5.75 Å². The maximum atomic E-state index is 12.4. The highest BCUT2D eigenvalue weighted by molar-refractivity contribution is 6.68. The minimum absolute atomic E-state index is 0.287. The first-order chi connectivity index (χ1) is 10.7. The summed E-state index contributed by atoms with van der Waals surface area (Å²) in [6, 6.07) is 6.57. The molecule has 0 saturated carbocycles. The van der Waals surface area contributed by atoms with Crippen molar-refractivity contribution in [2.45, 2.75) is 23.2 Å². The Labute approximate surface area is 147 Å². The van der Waals surface area contributed by atoms with Gasteiger partial charge in [-0.1, -0.05) is 46.9 Å². The molecular weight excluding hydrogens is 371 g/mol. The SMILES string of the molecule is CO[C@H]1Oc2ccccc2N(O[C@H](NC(C)=O)C(Cl)(Cl)Cl)C1=O. The summed E-state index contributed by atoms with van der Waals surface area (Å²) in [5.74, 6) is -0.834. The molecule has 1 heterocycles. The Hall–Kier alpha value is -1.25. The number of benzene rings is 1. The number of amides is 2. The van der Waals surface area contributed by atoms with Gasteiger partial charge in [-0.25, -0.2) is 4.84 Å². The molecule has 23 heavy (non-hydrogen) atoms. The van der Waals surface area contributed by atoms with Crippen molar-refractivity contribution in [3.63, 3.8) is 0 Å². The van der Waals surface area contributed by atoms with Gasteiger partial charge in [-0.15, -0.1) is 0 Å². The number of halogens is 3. The largest absolute Gasteiger partial charge is 0.453 e. The van der Waals surface area contributed by atoms with Crippen LogP contribution in [0.1, 0.15) is 6.92 Å². The van der Waals surface area contributed by atoms with E-state index in [1.807, 2.05) is 0 Å². The maximum absolute atomic E-state index is 12.4. The number of fused-ring (bicyclic) bond motifs is 1. The van der Waals surface area contributed by atoms with Crippen LogP contribution < -0.4 is 15.1 Å². The summed E-state index contributed by atoms with van der Waals surface area (Å²) in [5.41, 5.74) is 0.287. The molecule has 2 atom stereocenters. The van der Waals surface area contributed by atoms with Gasteiger partial charge in [-0.2, -0.15) is 5.06 Å². The monoisotopic (exact) mass is 382 g/mol. The number of hydrogen-bond acceptors (Lipinski definition) is 5. The lowest BCUT2D eigenvalue weighted by Gasteiger charge is -2.36. The fourth-order valence-electron chi connectivity index (χ4n) is 1.82. The van der Waals surface area contributed by atoms with Gasteiger partial charge < -0.3 is 14.8 Å². The zero-order valence-electron chi connectivity index (χ0n) is 12.1. The van der Waals surface area contributed by atoms with Crippen LogP contribution in [0, 0.1) is 0 Å². The van der Waals surface area contributed by atoms with Crippen LogP contribution in [-0.4, -0.2) is 35.2 Å². The molecule has 1 aromatic carbocycles. The lowest BCUT2D eigenvalue weighted by molar-refractivity contribution is -0.160. The number of carbonyl (C=O) groups excluding carboxylic acids is 2. The Balaban J connectivity index is 2.35. The molecule has 1 N–H and O–H groups in total. The highest BCUT2D eigenvalue weighted by atomic mass is 35.6. The minimum atomic E-state index is -2.01. The molecule has 0 unspecified atom stereocenters. The Bertz CT molecular complexity index is 608. The molecule has 0 aromatic heterocycles. The number of hydroxylamine groups is 1. The van der Waals surface area contributed by atoms with E-state index in [1.165, 1.54) is 14.0 Å². The molecule has 0 fully saturated rings. The molecule has 0 radical (unpaired) electrons. The lowest BCUT2D eigenvalue weighted by atomic mass is 10.2. The molecule has 2 amide bonds. The zero-order valence-corrected chi connectivity index (χ0v) is 14.4. The number of alkyl halides is 3. The van der Waals surface area contributed by atoms with E-state index in [2.05, 4.69) is 5.32 Å². The van der Waals surface area contributed by atoms with E-state index in [1.54, 1.807) is 24.3 Å². The maximum Gasteiger partial charge on any atom is 0.320 e. The third-order valence-electron chi connectivity index (χ3n) is 2.78. The Kier molecular flexibility index (Phi) is 5.59. The second-order valence-corrected chi connectivity index (χ2v) is 6.88. The molecule has 126 valence electrons. The van der Waals surface area contributed by atoms with E-state index in [9.17, 15) is 9.59 Å². The van der Waals surface area contributed by atoms with Gasteiger partial charge in [0, 0.05) is 14.0 Å². The average Bonchev–Trinajstić information content (AvgIpc) is 2.47. The first kappa shape index (κ1) is 18.1. The van der Waals surface area contributed by atoms with E-state index < -0.39 is 28.1 Å². The van der Waals surface area contributed by atoms with Crippen molar-refractivity contribution >= 4 is 52.3 Å². The van der Waals surface area contributed by atoms with E-state index in [-0.39, 0.29) is 5.69 Å². The van der Waals surface area contributed by atoms with Crippen molar-refractivity contribution in [2.75, 3.05) is 12.2 Å². The molecule has 7 nitrogen and oxygen atoms in total. The van der Waals surface area contributed by atoms with Crippen LogP contribution in [0.4, 0.5) is 5.69 Å². The summed E-state index contributed by atoms with van der Waals surface area (Å²) >= 11 is 17.4. The predicted octanol–water partition coefficient (Wildman–Crippen LogP) is 2.15. The van der Waals surface area contributed by atoms with Crippen LogP contribution in [0.15, 0.2) is 24.3 Å². The number of methoxy groups -OCH3 is 1. The van der Waals surface area contributed by atoms with Gasteiger partial charge in [-0.3, -0.25) is 9.59 Å². The average molecular weight is 384 g/mol. The van der Waals surface area contributed by atoms with Crippen LogP contribution in [0.2, 0.25) is 0 Å². The molecule has 1 aliphatic rings. The zero-order chi connectivity index (χ0) is 17.2. The summed E-state index contributed by atoms with van der Waals surface area (Å²) in [5, 5.41) is 3.19. The smallest absolute Gasteiger partial charge is 0.320 e. The van der Waals surface area contributed by atoms with E-state index in [0.717, 1.165) is 5.06 Å². The van der Waals surface area contributed by atoms with Crippen LogP contribution in [0.3, 0.4) is 0 Å². The number of para-hydroxylation sites is 2. The summed E-state index contributed by atoms with van der Waals surface area (Å²) in [7, 11) is 1.30. The highest BCUT2D eigenvalue weighted by Crippen LogP contribution is 2.37. The Morgan fingerprint density at radius 2 is 2.04 bits per heavy atom. The van der Waals surface area contributed by atoms with Crippen molar-refractivity contribution in [3.05, 3.63) is 24.3 Å².